The predicted octanol–water partition coefficient (Wildman–Crippen LogP) is 3.96. The van der Waals surface area contributed by atoms with Crippen LogP contribution in [0.2, 0.25) is 5.02 Å². The van der Waals surface area contributed by atoms with E-state index in [1.165, 1.54) is 0 Å². The summed E-state index contributed by atoms with van der Waals surface area (Å²) in [5.41, 5.74) is 2.33. The molecule has 0 spiro atoms. The van der Waals surface area contributed by atoms with E-state index in [0.717, 1.165) is 11.3 Å². The number of benzene rings is 2. The molecule has 0 saturated heterocycles. The molecule has 0 aliphatic rings. The Bertz CT molecular complexity index is 686. The molecule has 0 saturated carbocycles. The summed E-state index contributed by atoms with van der Waals surface area (Å²) in [4.78, 5) is 12.3. The summed E-state index contributed by atoms with van der Waals surface area (Å²) in [6.07, 6.45) is 0. The third kappa shape index (κ3) is 3.52. The molecule has 4 nitrogen and oxygen atoms in total. The number of rotatable bonds is 6. The lowest BCUT2D eigenvalue weighted by molar-refractivity contribution is 0.101. The second kappa shape index (κ2) is 7.18. The number of halogens is 1. The fourth-order valence-corrected chi connectivity index (χ4v) is 2.26. The van der Waals surface area contributed by atoms with Gasteiger partial charge in [-0.2, -0.15) is 0 Å². The van der Waals surface area contributed by atoms with E-state index >= 15 is 0 Å². The van der Waals surface area contributed by atoms with Crippen molar-refractivity contribution < 1.29 is 14.3 Å². The lowest BCUT2D eigenvalue weighted by atomic mass is 10.1. The van der Waals surface area contributed by atoms with Crippen LogP contribution in [-0.2, 0) is 0 Å². The number of methoxy groups -OCH3 is 2. The summed E-state index contributed by atoms with van der Waals surface area (Å²) in [6.45, 7) is 2.09. The van der Waals surface area contributed by atoms with Gasteiger partial charge in [0.1, 0.15) is 0 Å². The Hall–Kier alpha value is -2.20. The molecule has 22 heavy (non-hydrogen) atoms. The average Bonchev–Trinajstić information content (AvgIpc) is 2.55. The minimum absolute atomic E-state index is 0.0414. The summed E-state index contributed by atoms with van der Waals surface area (Å²) >= 11 is 6.06. The number of nitrogens with one attached hydrogen (secondary N) is 1. The number of carbonyl (C=O) groups is 1. The number of ketones is 1. The van der Waals surface area contributed by atoms with Crippen LogP contribution in [-0.4, -0.2) is 26.5 Å². The van der Waals surface area contributed by atoms with E-state index in [1.807, 2.05) is 25.1 Å². The molecule has 2 aromatic carbocycles. The zero-order chi connectivity index (χ0) is 16.1. The maximum absolute atomic E-state index is 12.3. The Morgan fingerprint density at radius 1 is 1.14 bits per heavy atom. The van der Waals surface area contributed by atoms with Crippen molar-refractivity contribution in [2.24, 2.45) is 0 Å². The van der Waals surface area contributed by atoms with Crippen LogP contribution in [0.15, 0.2) is 36.4 Å². The minimum Gasteiger partial charge on any atom is -0.493 e. The van der Waals surface area contributed by atoms with Crippen LogP contribution in [0.1, 0.15) is 15.9 Å². The van der Waals surface area contributed by atoms with Gasteiger partial charge in [0, 0.05) is 16.3 Å². The third-order valence-electron chi connectivity index (χ3n) is 3.41. The van der Waals surface area contributed by atoms with Crippen LogP contribution in [0.25, 0.3) is 0 Å². The molecule has 0 fully saturated rings. The van der Waals surface area contributed by atoms with Gasteiger partial charge in [-0.3, -0.25) is 4.79 Å². The molecular formula is C17H18ClNO3. The molecule has 2 aromatic rings. The first-order valence-electron chi connectivity index (χ1n) is 6.81. The molecule has 0 amide bonds. The number of hydrogen-bond acceptors (Lipinski definition) is 4. The lowest BCUT2D eigenvalue weighted by Crippen LogP contribution is -2.14. The fraction of sp³-hybridized carbons (Fsp3) is 0.235. The van der Waals surface area contributed by atoms with Gasteiger partial charge >= 0.3 is 0 Å². The minimum atomic E-state index is -0.0414. The molecular weight excluding hydrogens is 302 g/mol. The topological polar surface area (TPSA) is 47.6 Å². The fourth-order valence-electron chi connectivity index (χ4n) is 2.09. The number of carbonyl (C=O) groups excluding carboxylic acids is 1. The monoisotopic (exact) mass is 319 g/mol. The van der Waals surface area contributed by atoms with Gasteiger partial charge in [0.15, 0.2) is 17.3 Å². The molecule has 5 heteroatoms. The summed E-state index contributed by atoms with van der Waals surface area (Å²) in [5, 5.41) is 3.78. The first-order chi connectivity index (χ1) is 10.6. The zero-order valence-corrected chi connectivity index (χ0v) is 13.5. The average molecular weight is 320 g/mol. The maximum atomic E-state index is 12.3. The van der Waals surface area contributed by atoms with Crippen molar-refractivity contribution in [2.45, 2.75) is 6.92 Å². The lowest BCUT2D eigenvalue weighted by Gasteiger charge is -2.11. The SMILES string of the molecule is COc1ccc(C(=O)CNc2cccc(Cl)c2C)cc1OC. The van der Waals surface area contributed by atoms with E-state index in [9.17, 15) is 4.79 Å². The highest BCUT2D eigenvalue weighted by atomic mass is 35.5. The van der Waals surface area contributed by atoms with Crippen LogP contribution in [0.5, 0.6) is 11.5 Å². The quantitative estimate of drug-likeness (QED) is 0.819. The summed E-state index contributed by atoms with van der Waals surface area (Å²) < 4.78 is 10.4. The predicted molar refractivity (Wildman–Crippen MR) is 88.6 cm³/mol. The van der Waals surface area contributed by atoms with Gasteiger partial charge in [-0.25, -0.2) is 0 Å². The van der Waals surface area contributed by atoms with Crippen LogP contribution in [0.4, 0.5) is 5.69 Å². The van der Waals surface area contributed by atoms with Crippen LogP contribution in [0, 0.1) is 6.92 Å². The van der Waals surface area contributed by atoms with E-state index in [2.05, 4.69) is 5.32 Å². The Kier molecular flexibility index (Phi) is 5.28. The molecule has 116 valence electrons. The highest BCUT2D eigenvalue weighted by Gasteiger charge is 2.11. The van der Waals surface area contributed by atoms with Crippen molar-refractivity contribution in [1.29, 1.82) is 0 Å². The molecule has 1 N–H and O–H groups in total. The summed E-state index contributed by atoms with van der Waals surface area (Å²) in [6, 6.07) is 10.7. The first kappa shape index (κ1) is 16.2. The molecule has 2 rings (SSSR count). The van der Waals surface area contributed by atoms with Crippen LogP contribution < -0.4 is 14.8 Å². The van der Waals surface area contributed by atoms with Crippen molar-refractivity contribution in [1.82, 2.24) is 0 Å². The molecule has 0 aliphatic carbocycles. The van der Waals surface area contributed by atoms with Gasteiger partial charge < -0.3 is 14.8 Å². The Balaban J connectivity index is 2.11. The maximum Gasteiger partial charge on any atom is 0.181 e. The molecule has 0 atom stereocenters. The van der Waals surface area contributed by atoms with Gasteiger partial charge in [-0.1, -0.05) is 17.7 Å². The molecule has 0 bridgehead atoms. The largest absolute Gasteiger partial charge is 0.493 e. The standard InChI is InChI=1S/C17H18ClNO3/c1-11-13(18)5-4-6-14(11)19-10-15(20)12-7-8-16(21-2)17(9-12)22-3/h4-9,19H,10H2,1-3H3. The van der Waals surface area contributed by atoms with E-state index < -0.39 is 0 Å². The second-order valence-electron chi connectivity index (χ2n) is 4.76. The normalized spacial score (nSPS) is 10.2. The third-order valence-corrected chi connectivity index (χ3v) is 3.82. The van der Waals surface area contributed by atoms with Crippen LogP contribution in [0.3, 0.4) is 0 Å². The number of ether oxygens (including phenoxy) is 2. The molecule has 0 aromatic heterocycles. The van der Waals surface area contributed by atoms with Gasteiger partial charge in [0.05, 0.1) is 20.8 Å². The smallest absolute Gasteiger partial charge is 0.181 e. The Morgan fingerprint density at radius 3 is 2.55 bits per heavy atom. The number of anilines is 1. The van der Waals surface area contributed by atoms with Crippen LogP contribution >= 0.6 is 11.6 Å². The van der Waals surface area contributed by atoms with E-state index in [0.29, 0.717) is 22.1 Å². The first-order valence-corrected chi connectivity index (χ1v) is 7.18. The molecule has 0 unspecified atom stereocenters. The van der Waals surface area contributed by atoms with Gasteiger partial charge in [-0.15, -0.1) is 0 Å². The summed E-state index contributed by atoms with van der Waals surface area (Å²) in [5.74, 6) is 1.09. The molecule has 0 heterocycles. The van der Waals surface area contributed by atoms with Gasteiger partial charge in [0.2, 0.25) is 0 Å². The van der Waals surface area contributed by atoms with Gasteiger partial charge in [0.25, 0.3) is 0 Å². The number of Topliss-reactive ketones (excluding diaryl/α,β-unsaturated/α-hetero) is 1. The van der Waals surface area contributed by atoms with E-state index in [4.69, 9.17) is 21.1 Å². The second-order valence-corrected chi connectivity index (χ2v) is 5.17. The molecule has 0 radical (unpaired) electrons. The highest BCUT2D eigenvalue weighted by molar-refractivity contribution is 6.31. The van der Waals surface area contributed by atoms with Crippen molar-refractivity contribution in [3.63, 3.8) is 0 Å². The van der Waals surface area contributed by atoms with Crippen molar-refractivity contribution in [3.8, 4) is 11.5 Å². The Labute approximate surface area is 135 Å². The zero-order valence-electron chi connectivity index (χ0n) is 12.8. The summed E-state index contributed by atoms with van der Waals surface area (Å²) in [7, 11) is 3.10. The number of hydrogen-bond donors (Lipinski definition) is 1. The highest BCUT2D eigenvalue weighted by Crippen LogP contribution is 2.28. The molecule has 0 aliphatic heterocycles. The van der Waals surface area contributed by atoms with Crippen molar-refractivity contribution in [2.75, 3.05) is 26.1 Å². The van der Waals surface area contributed by atoms with Crippen molar-refractivity contribution in [3.05, 3.63) is 52.5 Å². The Morgan fingerprint density at radius 2 is 1.86 bits per heavy atom. The van der Waals surface area contributed by atoms with E-state index in [1.54, 1.807) is 32.4 Å². The van der Waals surface area contributed by atoms with Crippen molar-refractivity contribution >= 4 is 23.1 Å². The van der Waals surface area contributed by atoms with Gasteiger partial charge in [-0.05, 0) is 42.8 Å². The van der Waals surface area contributed by atoms with E-state index in [-0.39, 0.29) is 12.3 Å².